The molecule has 0 aliphatic carbocycles. The topological polar surface area (TPSA) is 44.4 Å². The minimum atomic E-state index is -0.129. The van der Waals surface area contributed by atoms with Crippen LogP contribution in [0.25, 0.3) is 6.08 Å². The van der Waals surface area contributed by atoms with E-state index in [1.54, 1.807) is 0 Å². The highest BCUT2D eigenvalue weighted by atomic mass is 16.2. The Morgan fingerprint density at radius 2 is 1.94 bits per heavy atom. The number of amides is 2. The zero-order valence-corrected chi connectivity index (χ0v) is 9.45. The van der Waals surface area contributed by atoms with E-state index in [0.717, 1.165) is 16.9 Å². The summed E-state index contributed by atoms with van der Waals surface area (Å²) in [6.07, 6.45) is 1.97. The summed E-state index contributed by atoms with van der Waals surface area (Å²) in [5.41, 5.74) is 3.16. The van der Waals surface area contributed by atoms with Gasteiger partial charge in [0.05, 0.1) is 6.54 Å². The van der Waals surface area contributed by atoms with Crippen molar-refractivity contribution in [3.8, 4) is 0 Å². The van der Waals surface area contributed by atoms with Crippen molar-refractivity contribution in [3.05, 3.63) is 35.5 Å². The number of carbonyl (C=O) groups excluding carboxylic acids is 1. The van der Waals surface area contributed by atoms with Crippen molar-refractivity contribution in [2.45, 2.75) is 0 Å². The molecule has 2 amide bonds. The lowest BCUT2D eigenvalue weighted by Gasteiger charge is -2.11. The average Bonchev–Trinajstić information content (AvgIpc) is 2.65. The van der Waals surface area contributed by atoms with E-state index in [1.165, 1.54) is 0 Å². The number of rotatable bonds is 2. The summed E-state index contributed by atoms with van der Waals surface area (Å²) >= 11 is 0. The van der Waals surface area contributed by atoms with Gasteiger partial charge in [-0.15, -0.1) is 0 Å². The Labute approximate surface area is 94.9 Å². The molecule has 0 saturated carbocycles. The predicted octanol–water partition coefficient (Wildman–Crippen LogP) is 1.41. The molecule has 1 aliphatic rings. The van der Waals surface area contributed by atoms with Crippen LogP contribution in [0.5, 0.6) is 0 Å². The molecular formula is C12H15N3O. The van der Waals surface area contributed by atoms with Crippen LogP contribution < -0.4 is 15.5 Å². The molecule has 1 aliphatic heterocycles. The van der Waals surface area contributed by atoms with Crippen LogP contribution in [0.2, 0.25) is 0 Å². The first-order valence-corrected chi connectivity index (χ1v) is 5.18. The molecule has 16 heavy (non-hydrogen) atoms. The minimum Gasteiger partial charge on any atom is -0.378 e. The van der Waals surface area contributed by atoms with Gasteiger partial charge in [0, 0.05) is 25.5 Å². The van der Waals surface area contributed by atoms with E-state index in [2.05, 4.69) is 27.7 Å². The number of urea groups is 1. The first kappa shape index (κ1) is 10.5. The van der Waals surface area contributed by atoms with Gasteiger partial charge in [0.1, 0.15) is 0 Å². The van der Waals surface area contributed by atoms with Gasteiger partial charge in [-0.1, -0.05) is 12.1 Å². The Hall–Kier alpha value is -1.97. The van der Waals surface area contributed by atoms with Crippen LogP contribution in [0.15, 0.2) is 30.0 Å². The first-order chi connectivity index (χ1) is 7.65. The second-order valence-corrected chi connectivity index (χ2v) is 3.96. The van der Waals surface area contributed by atoms with Gasteiger partial charge in [0.25, 0.3) is 0 Å². The van der Waals surface area contributed by atoms with Gasteiger partial charge in [-0.05, 0) is 23.8 Å². The highest BCUT2D eigenvalue weighted by Crippen LogP contribution is 2.14. The lowest BCUT2D eigenvalue weighted by atomic mass is 10.1. The van der Waals surface area contributed by atoms with Crippen molar-refractivity contribution in [2.75, 3.05) is 25.5 Å². The maximum atomic E-state index is 10.9. The molecule has 4 nitrogen and oxygen atoms in total. The third-order valence-electron chi connectivity index (χ3n) is 2.46. The van der Waals surface area contributed by atoms with Crippen LogP contribution in [0.4, 0.5) is 10.5 Å². The number of hydrogen-bond donors (Lipinski definition) is 2. The second-order valence-electron chi connectivity index (χ2n) is 3.96. The quantitative estimate of drug-likeness (QED) is 0.786. The normalized spacial score (nSPS) is 17.1. The van der Waals surface area contributed by atoms with Crippen molar-refractivity contribution in [2.24, 2.45) is 0 Å². The molecule has 0 bridgehead atoms. The van der Waals surface area contributed by atoms with Crippen LogP contribution in [0.1, 0.15) is 5.56 Å². The van der Waals surface area contributed by atoms with E-state index in [-0.39, 0.29) is 6.03 Å². The fourth-order valence-corrected chi connectivity index (χ4v) is 1.57. The summed E-state index contributed by atoms with van der Waals surface area (Å²) in [7, 11) is 4.02. The van der Waals surface area contributed by atoms with Gasteiger partial charge in [-0.25, -0.2) is 4.79 Å². The maximum absolute atomic E-state index is 10.9. The van der Waals surface area contributed by atoms with E-state index in [1.807, 2.05) is 32.3 Å². The van der Waals surface area contributed by atoms with E-state index < -0.39 is 0 Å². The van der Waals surface area contributed by atoms with Crippen LogP contribution in [0.3, 0.4) is 0 Å². The van der Waals surface area contributed by atoms with Gasteiger partial charge in [0.2, 0.25) is 0 Å². The number of benzene rings is 1. The van der Waals surface area contributed by atoms with Crippen LogP contribution >= 0.6 is 0 Å². The third kappa shape index (κ3) is 2.34. The first-order valence-electron chi connectivity index (χ1n) is 5.18. The molecule has 84 valence electrons. The zero-order valence-electron chi connectivity index (χ0n) is 9.45. The summed E-state index contributed by atoms with van der Waals surface area (Å²) < 4.78 is 0. The van der Waals surface area contributed by atoms with E-state index >= 15 is 0 Å². The fraction of sp³-hybridized carbons (Fsp3) is 0.250. The molecule has 0 unspecified atom stereocenters. The lowest BCUT2D eigenvalue weighted by molar-refractivity contribution is 0.249. The number of nitrogens with zero attached hydrogens (tertiary/aromatic N) is 1. The Bertz CT molecular complexity index is 420. The van der Waals surface area contributed by atoms with Crippen molar-refractivity contribution < 1.29 is 4.79 Å². The minimum absolute atomic E-state index is 0.129. The van der Waals surface area contributed by atoms with Gasteiger partial charge in [-0.2, -0.15) is 0 Å². The van der Waals surface area contributed by atoms with Crippen molar-refractivity contribution in [3.63, 3.8) is 0 Å². The monoisotopic (exact) mass is 217 g/mol. The van der Waals surface area contributed by atoms with Crippen molar-refractivity contribution in [1.82, 2.24) is 10.6 Å². The summed E-state index contributed by atoms with van der Waals surface area (Å²) in [6.45, 7) is 0.578. The summed E-state index contributed by atoms with van der Waals surface area (Å²) in [6, 6.07) is 8.04. The molecule has 0 atom stereocenters. The van der Waals surface area contributed by atoms with E-state index in [9.17, 15) is 4.79 Å². The molecule has 0 aromatic heterocycles. The van der Waals surface area contributed by atoms with Gasteiger partial charge < -0.3 is 15.5 Å². The fourth-order valence-electron chi connectivity index (χ4n) is 1.57. The summed E-state index contributed by atoms with van der Waals surface area (Å²) in [4.78, 5) is 13.0. The Morgan fingerprint density at radius 3 is 2.44 bits per heavy atom. The molecule has 2 N–H and O–H groups in total. The van der Waals surface area contributed by atoms with Gasteiger partial charge >= 0.3 is 6.03 Å². The molecule has 1 aromatic carbocycles. The van der Waals surface area contributed by atoms with Gasteiger partial charge in [-0.3, -0.25) is 0 Å². The molecular weight excluding hydrogens is 202 g/mol. The molecule has 2 rings (SSSR count). The predicted molar refractivity (Wildman–Crippen MR) is 65.3 cm³/mol. The number of anilines is 1. The van der Waals surface area contributed by atoms with Gasteiger partial charge in [0.15, 0.2) is 0 Å². The smallest absolute Gasteiger partial charge is 0.319 e. The number of carbonyl (C=O) groups is 1. The Morgan fingerprint density at radius 1 is 1.25 bits per heavy atom. The molecule has 1 aromatic rings. The highest BCUT2D eigenvalue weighted by Gasteiger charge is 2.11. The molecule has 4 heteroatoms. The maximum Gasteiger partial charge on any atom is 0.319 e. The number of nitrogens with one attached hydrogen (secondary N) is 2. The molecule has 1 heterocycles. The molecule has 1 saturated heterocycles. The summed E-state index contributed by atoms with van der Waals surface area (Å²) in [5, 5.41) is 5.43. The van der Waals surface area contributed by atoms with Crippen LogP contribution in [-0.4, -0.2) is 26.7 Å². The SMILES string of the molecule is CN(C)c1ccc(C=C2CNC(=O)N2)cc1. The second kappa shape index (κ2) is 4.26. The molecule has 0 spiro atoms. The Balaban J connectivity index is 2.13. The largest absolute Gasteiger partial charge is 0.378 e. The van der Waals surface area contributed by atoms with Crippen molar-refractivity contribution >= 4 is 17.8 Å². The van der Waals surface area contributed by atoms with Crippen LogP contribution in [-0.2, 0) is 0 Å². The van der Waals surface area contributed by atoms with E-state index in [4.69, 9.17) is 0 Å². The zero-order chi connectivity index (χ0) is 11.5. The third-order valence-corrected chi connectivity index (χ3v) is 2.46. The highest BCUT2D eigenvalue weighted by molar-refractivity contribution is 5.81. The van der Waals surface area contributed by atoms with Crippen molar-refractivity contribution in [1.29, 1.82) is 0 Å². The standard InChI is InChI=1S/C12H15N3O/c1-15(2)11-5-3-9(4-6-11)7-10-8-13-12(16)14-10/h3-7H,8H2,1-2H3,(H2,13,14,16). The number of hydrogen-bond acceptors (Lipinski definition) is 2. The van der Waals surface area contributed by atoms with Crippen LogP contribution in [0, 0.1) is 0 Å². The average molecular weight is 217 g/mol. The molecule has 1 fully saturated rings. The lowest BCUT2D eigenvalue weighted by Crippen LogP contribution is -2.19. The van der Waals surface area contributed by atoms with E-state index in [0.29, 0.717) is 6.54 Å². The Kier molecular flexibility index (Phi) is 2.81. The summed E-state index contributed by atoms with van der Waals surface area (Å²) in [5.74, 6) is 0. The molecule has 0 radical (unpaired) electrons.